The lowest BCUT2D eigenvalue weighted by Gasteiger charge is -2.32. The molecule has 0 bridgehead atoms. The molecule has 0 heterocycles. The topological polar surface area (TPSA) is 23.8 Å². The third-order valence-electron chi connectivity index (χ3n) is 6.81. The van der Waals surface area contributed by atoms with Gasteiger partial charge in [-0.15, -0.1) is 6.58 Å². The van der Waals surface area contributed by atoms with E-state index in [0.717, 1.165) is 29.2 Å². The Kier molecular flexibility index (Phi) is 6.74. The van der Waals surface area contributed by atoms with Crippen LogP contribution < -0.4 is 0 Å². The average molecular weight is 336 g/mol. The number of nitrogens with zero attached hydrogens (tertiary/aromatic N) is 1. The second-order valence-corrected chi connectivity index (χ2v) is 8.44. The summed E-state index contributed by atoms with van der Waals surface area (Å²) in [5.74, 6) is 3.60. The highest BCUT2D eigenvalue weighted by molar-refractivity contribution is 5.33. The molecule has 2 aliphatic carbocycles. The number of hydrogen-bond acceptors (Lipinski definition) is 1. The van der Waals surface area contributed by atoms with Gasteiger partial charge < -0.3 is 0 Å². The molecule has 25 heavy (non-hydrogen) atoms. The Labute approximate surface area is 154 Å². The van der Waals surface area contributed by atoms with Gasteiger partial charge in [0.2, 0.25) is 0 Å². The van der Waals surface area contributed by atoms with Crippen molar-refractivity contribution in [2.24, 2.45) is 17.8 Å². The van der Waals surface area contributed by atoms with Crippen LogP contribution in [0.25, 0.3) is 0 Å². The van der Waals surface area contributed by atoms with Crippen LogP contribution in [0.2, 0.25) is 0 Å². The number of nitriles is 1. The van der Waals surface area contributed by atoms with Crippen molar-refractivity contribution in [3.05, 3.63) is 48.0 Å². The first-order chi connectivity index (χ1) is 12.3. The predicted molar refractivity (Wildman–Crippen MR) is 105 cm³/mol. The molecule has 1 aromatic carbocycles. The normalized spacial score (nSPS) is 29.7. The molecule has 0 atom stereocenters. The van der Waals surface area contributed by atoms with Crippen LogP contribution in [0.3, 0.4) is 0 Å². The second-order valence-electron chi connectivity index (χ2n) is 8.44. The summed E-state index contributed by atoms with van der Waals surface area (Å²) in [5, 5.41) is 8.93. The molecule has 0 unspecified atom stereocenters. The Bertz CT molecular complexity index is 563. The lowest BCUT2D eigenvalue weighted by atomic mass is 9.74. The van der Waals surface area contributed by atoms with Gasteiger partial charge in [-0.2, -0.15) is 5.26 Å². The fourth-order valence-corrected chi connectivity index (χ4v) is 5.08. The summed E-state index contributed by atoms with van der Waals surface area (Å²) in [6.45, 7) is 3.89. The molecule has 1 aromatic rings. The third-order valence-corrected chi connectivity index (χ3v) is 6.81. The van der Waals surface area contributed by atoms with Gasteiger partial charge >= 0.3 is 0 Å². The Hall–Kier alpha value is -1.55. The smallest absolute Gasteiger partial charge is 0.0991 e. The van der Waals surface area contributed by atoms with Crippen LogP contribution in [0.1, 0.15) is 87.7 Å². The van der Waals surface area contributed by atoms with Gasteiger partial charge in [0.25, 0.3) is 0 Å². The average Bonchev–Trinajstić information content (AvgIpc) is 2.68. The molecule has 134 valence electrons. The van der Waals surface area contributed by atoms with Crippen molar-refractivity contribution in [2.45, 2.75) is 76.5 Å². The molecule has 0 amide bonds. The van der Waals surface area contributed by atoms with Crippen LogP contribution >= 0.6 is 0 Å². The molecule has 0 saturated heterocycles. The number of allylic oxidation sites excluding steroid dienone is 1. The van der Waals surface area contributed by atoms with Crippen LogP contribution in [0, 0.1) is 29.1 Å². The maximum absolute atomic E-state index is 8.93. The Morgan fingerprint density at radius 1 is 0.840 bits per heavy atom. The van der Waals surface area contributed by atoms with Gasteiger partial charge in [-0.1, -0.05) is 43.9 Å². The van der Waals surface area contributed by atoms with E-state index in [0.29, 0.717) is 0 Å². The highest BCUT2D eigenvalue weighted by Crippen LogP contribution is 2.40. The first kappa shape index (κ1) is 18.2. The Balaban J connectivity index is 1.37. The molecule has 0 N–H and O–H groups in total. The Morgan fingerprint density at radius 3 is 1.88 bits per heavy atom. The van der Waals surface area contributed by atoms with Gasteiger partial charge in [0.15, 0.2) is 0 Å². The van der Waals surface area contributed by atoms with Gasteiger partial charge in [-0.3, -0.25) is 0 Å². The van der Waals surface area contributed by atoms with Gasteiger partial charge in [0.1, 0.15) is 0 Å². The summed E-state index contributed by atoms with van der Waals surface area (Å²) in [6.07, 6.45) is 17.5. The molecule has 3 rings (SSSR count). The SMILES string of the molecule is C=CC[C@H]1CC[C@H](CC[C@H]2CC[C@H](c3ccc(C#N)cc3)CC2)CC1. The summed E-state index contributed by atoms with van der Waals surface area (Å²) in [6, 6.07) is 10.5. The first-order valence-corrected chi connectivity index (χ1v) is 10.4. The zero-order valence-corrected chi connectivity index (χ0v) is 15.6. The standard InChI is InChI=1S/C24H33N/c1-2-3-19-4-6-20(7-5-19)8-9-21-10-14-23(15-11-21)24-16-12-22(18-25)13-17-24/h2,12-13,16-17,19-21,23H,1,3-11,14-15H2/t19-,20-,21-,23-. The van der Waals surface area contributed by atoms with Crippen LogP contribution in [0.15, 0.2) is 36.9 Å². The molecule has 0 aromatic heterocycles. The minimum Gasteiger partial charge on any atom is -0.192 e. The number of rotatable bonds is 6. The largest absolute Gasteiger partial charge is 0.192 e. The molecule has 1 nitrogen and oxygen atoms in total. The highest BCUT2D eigenvalue weighted by atomic mass is 14.3. The van der Waals surface area contributed by atoms with E-state index in [2.05, 4.69) is 30.9 Å². The minimum absolute atomic E-state index is 0.721. The van der Waals surface area contributed by atoms with Crippen molar-refractivity contribution in [2.75, 3.05) is 0 Å². The molecule has 2 saturated carbocycles. The van der Waals surface area contributed by atoms with Crippen LogP contribution in [0.4, 0.5) is 0 Å². The van der Waals surface area contributed by atoms with Crippen molar-refractivity contribution < 1.29 is 0 Å². The highest BCUT2D eigenvalue weighted by Gasteiger charge is 2.25. The van der Waals surface area contributed by atoms with Gasteiger partial charge in [0, 0.05) is 0 Å². The molecular weight excluding hydrogens is 302 g/mol. The predicted octanol–water partition coefficient (Wildman–Crippen LogP) is 6.99. The molecule has 0 radical (unpaired) electrons. The van der Waals surface area contributed by atoms with Crippen LogP contribution in [-0.2, 0) is 0 Å². The first-order valence-electron chi connectivity index (χ1n) is 10.4. The van der Waals surface area contributed by atoms with E-state index in [1.807, 2.05) is 12.1 Å². The van der Waals surface area contributed by atoms with Crippen LogP contribution in [0.5, 0.6) is 0 Å². The fraction of sp³-hybridized carbons (Fsp3) is 0.625. The maximum Gasteiger partial charge on any atom is 0.0991 e. The third kappa shape index (κ3) is 5.21. The van der Waals surface area contributed by atoms with E-state index in [4.69, 9.17) is 5.26 Å². The zero-order valence-electron chi connectivity index (χ0n) is 15.6. The van der Waals surface area contributed by atoms with E-state index in [-0.39, 0.29) is 0 Å². The quantitative estimate of drug-likeness (QED) is 0.514. The monoisotopic (exact) mass is 335 g/mol. The van der Waals surface area contributed by atoms with E-state index < -0.39 is 0 Å². The van der Waals surface area contributed by atoms with Crippen molar-refractivity contribution >= 4 is 0 Å². The van der Waals surface area contributed by atoms with Crippen molar-refractivity contribution in [1.29, 1.82) is 5.26 Å². The summed E-state index contributed by atoms with van der Waals surface area (Å²) in [4.78, 5) is 0. The summed E-state index contributed by atoms with van der Waals surface area (Å²) in [7, 11) is 0. The van der Waals surface area contributed by atoms with Gasteiger partial charge in [-0.25, -0.2) is 0 Å². The summed E-state index contributed by atoms with van der Waals surface area (Å²) in [5.41, 5.74) is 2.22. The van der Waals surface area contributed by atoms with Gasteiger partial charge in [0.05, 0.1) is 11.6 Å². The van der Waals surface area contributed by atoms with E-state index in [9.17, 15) is 0 Å². The van der Waals surface area contributed by atoms with E-state index in [1.54, 1.807) is 0 Å². The summed E-state index contributed by atoms with van der Waals surface area (Å²) >= 11 is 0. The Morgan fingerprint density at radius 2 is 1.36 bits per heavy atom. The van der Waals surface area contributed by atoms with E-state index in [1.165, 1.54) is 76.2 Å². The molecule has 0 aliphatic heterocycles. The zero-order chi connectivity index (χ0) is 17.5. The lowest BCUT2D eigenvalue weighted by molar-refractivity contribution is 0.231. The minimum atomic E-state index is 0.721. The summed E-state index contributed by atoms with van der Waals surface area (Å²) < 4.78 is 0. The second kappa shape index (κ2) is 9.23. The number of benzene rings is 1. The van der Waals surface area contributed by atoms with Crippen LogP contribution in [-0.4, -0.2) is 0 Å². The van der Waals surface area contributed by atoms with Crippen molar-refractivity contribution in [1.82, 2.24) is 0 Å². The molecule has 2 aliphatic rings. The molecule has 1 heteroatoms. The lowest BCUT2D eigenvalue weighted by Crippen LogP contribution is -2.17. The fourth-order valence-electron chi connectivity index (χ4n) is 5.08. The maximum atomic E-state index is 8.93. The van der Waals surface area contributed by atoms with Crippen molar-refractivity contribution in [3.8, 4) is 6.07 Å². The van der Waals surface area contributed by atoms with Gasteiger partial charge in [-0.05, 0) is 86.3 Å². The number of hydrogen-bond donors (Lipinski definition) is 0. The van der Waals surface area contributed by atoms with Crippen molar-refractivity contribution in [3.63, 3.8) is 0 Å². The molecular formula is C24H33N. The molecule has 2 fully saturated rings. The van der Waals surface area contributed by atoms with E-state index >= 15 is 0 Å². The molecule has 0 spiro atoms.